The van der Waals surface area contributed by atoms with Gasteiger partial charge >= 0.3 is 36.8 Å². The number of hydrogen-bond donors (Lipinski definition) is 14. The average molecular weight is 1730 g/mol. The largest absolute Gasteiger partial charge is 0.433 e. The number of nitrogens with two attached hydrogens (primary N) is 1. The molecule has 0 fully saturated rings. The zero-order chi connectivity index (χ0) is 87.1. The summed E-state index contributed by atoms with van der Waals surface area (Å²) in [6, 6.07) is 52.8. The highest BCUT2D eigenvalue weighted by Crippen LogP contribution is 2.29. The second-order valence-electron chi connectivity index (χ2n) is 24.7. The summed E-state index contributed by atoms with van der Waals surface area (Å²) in [6.45, 7) is 2.35. The highest BCUT2D eigenvalue weighted by atomic mass is 32.2. The number of nitrogens with one attached hydrogen (secondary N) is 13. The van der Waals surface area contributed by atoms with Crippen LogP contribution in [0, 0.1) is 12.7 Å². The molecule has 630 valence electrons. The van der Waals surface area contributed by atoms with Gasteiger partial charge in [-0.2, -0.15) is 8.78 Å². The topological polar surface area (TPSA) is 491 Å². The average Bonchev–Trinajstić information content (AvgIpc) is 0.736. The number of pyridine rings is 6. The van der Waals surface area contributed by atoms with Crippen LogP contribution in [0.1, 0.15) is 40.4 Å². The fourth-order valence-corrected chi connectivity index (χ4v) is 14.1. The lowest BCUT2D eigenvalue weighted by Gasteiger charge is -2.13. The molecule has 0 aliphatic rings. The van der Waals surface area contributed by atoms with Crippen LogP contribution in [0.5, 0.6) is 5.75 Å². The van der Waals surface area contributed by atoms with Crippen LogP contribution >= 0.6 is 0 Å². The van der Waals surface area contributed by atoms with Gasteiger partial charge in [-0.05, 0) is 199 Å². The number of sulfonamides is 4. The Morgan fingerprint density at radius 3 is 0.959 bits per heavy atom. The molecule has 0 atom stereocenters. The minimum atomic E-state index is -4.07. The molecule has 6 aromatic heterocycles. The Morgan fingerprint density at radius 2 is 0.653 bits per heavy atom. The number of anilines is 7. The van der Waals surface area contributed by atoms with Crippen LogP contribution in [0.2, 0.25) is 0 Å². The Balaban J connectivity index is 0.000000193. The van der Waals surface area contributed by atoms with E-state index in [1.165, 1.54) is 140 Å². The van der Waals surface area contributed by atoms with Crippen LogP contribution in [0.15, 0.2) is 306 Å². The van der Waals surface area contributed by atoms with E-state index >= 15 is 0 Å². The second kappa shape index (κ2) is 46.3. The summed E-state index contributed by atoms with van der Waals surface area (Å²) in [5, 5.41) is 23.7. The Labute approximate surface area is 694 Å². The number of ether oxygens (including phenoxy) is 1. The summed E-state index contributed by atoms with van der Waals surface area (Å²) < 4.78 is 151. The van der Waals surface area contributed by atoms with Gasteiger partial charge in [0.25, 0.3) is 30.1 Å². The highest BCUT2D eigenvalue weighted by Gasteiger charge is 2.21. The van der Waals surface area contributed by atoms with E-state index in [1.54, 1.807) is 124 Å². The molecule has 0 bridgehead atoms. The third-order valence-corrected chi connectivity index (χ3v) is 21.3. The number of primary amides is 1. The van der Waals surface area contributed by atoms with Crippen molar-refractivity contribution in [1.82, 2.24) is 61.2 Å². The summed E-state index contributed by atoms with van der Waals surface area (Å²) in [5.41, 5.74) is 11.7. The molecular formula is C80H81F3N20O14S4. The van der Waals surface area contributed by atoms with Crippen LogP contribution in [0.4, 0.5) is 77.0 Å². The number of carbonyl (C=O) groups is 5. The number of hydrogen-bond acceptors (Lipinski definition) is 20. The summed E-state index contributed by atoms with van der Waals surface area (Å²) in [7, 11) is -15.3. The number of urea groups is 5. The Bertz CT molecular complexity index is 5650. The number of benzene rings is 6. The van der Waals surface area contributed by atoms with Crippen LogP contribution in [0.3, 0.4) is 0 Å². The smallest absolute Gasteiger partial charge is 0.387 e. The van der Waals surface area contributed by atoms with Gasteiger partial charge in [-0.15, -0.1) is 0 Å². The second-order valence-corrected chi connectivity index (χ2v) is 31.5. The maximum atomic E-state index is 13.7. The van der Waals surface area contributed by atoms with Crippen molar-refractivity contribution in [3.05, 3.63) is 326 Å². The lowest BCUT2D eigenvalue weighted by Crippen LogP contribution is -2.28. The van der Waals surface area contributed by atoms with Crippen molar-refractivity contribution >= 4 is 110 Å². The van der Waals surface area contributed by atoms with Gasteiger partial charge in [0.15, 0.2) is 0 Å². The van der Waals surface area contributed by atoms with Crippen LogP contribution < -0.4 is 77.2 Å². The van der Waals surface area contributed by atoms with Crippen molar-refractivity contribution in [3.63, 3.8) is 0 Å². The van der Waals surface area contributed by atoms with Gasteiger partial charge in [0.2, 0.25) is 10.0 Å². The van der Waals surface area contributed by atoms with Crippen LogP contribution in [-0.4, -0.2) is 107 Å². The van der Waals surface area contributed by atoms with Gasteiger partial charge in [-0.25, -0.2) is 66.8 Å². The molecule has 0 unspecified atom stereocenters. The maximum absolute atomic E-state index is 13.7. The van der Waals surface area contributed by atoms with E-state index in [-0.39, 0.29) is 49.3 Å². The number of halogens is 3. The molecule has 6 heterocycles. The number of carbonyl (C=O) groups excluding carboxylic acids is 5. The highest BCUT2D eigenvalue weighted by molar-refractivity contribution is 7.93. The fourth-order valence-electron chi connectivity index (χ4n) is 9.77. The quantitative estimate of drug-likeness (QED) is 0.0217. The molecule has 0 aliphatic carbocycles. The Hall–Kier alpha value is -14.7. The molecule has 10 amide bonds. The number of aryl methyl sites for hydroxylation is 1. The minimum Gasteiger partial charge on any atom is -0.433 e. The van der Waals surface area contributed by atoms with E-state index in [2.05, 4.69) is 101 Å². The monoisotopic (exact) mass is 1730 g/mol. The zero-order valence-corrected chi connectivity index (χ0v) is 67.5. The summed E-state index contributed by atoms with van der Waals surface area (Å²) >= 11 is 0. The SMILES string of the molecule is CCNS(=O)(=O)c1ccc(NC(=O)NCc2cccnc2)cc1.Cc1ncccc1NS(=O)(=O)c1ccc(NC(=O)NCc2cccnc2)cc1.NC(=O)NCc1cccnc1.O=C(NCc1cccnc1)Nc1ccc(S(=O)(=O)Nc2ccccc2F)cc1.O=C(NCc1cccnc1)Nc1ccc(S(=O)(=O)Nc2ccccc2OC(F)F)cc1. The molecule has 34 nitrogen and oxygen atoms in total. The Kier molecular flexibility index (Phi) is 35.1. The van der Waals surface area contributed by atoms with Crippen molar-refractivity contribution in [2.24, 2.45) is 5.73 Å². The predicted octanol–water partition coefficient (Wildman–Crippen LogP) is 12.0. The number of alkyl halides is 2. The molecule has 0 saturated carbocycles. The normalized spacial score (nSPS) is 10.8. The summed E-state index contributed by atoms with van der Waals surface area (Å²) in [5.74, 6) is -0.973. The molecular weight excluding hydrogens is 1650 g/mol. The molecule has 41 heteroatoms. The summed E-state index contributed by atoms with van der Waals surface area (Å²) in [6.07, 6.45) is 18.1. The summed E-state index contributed by atoms with van der Waals surface area (Å²) in [4.78, 5) is 81.8. The lowest BCUT2D eigenvalue weighted by molar-refractivity contribution is -0.0493. The van der Waals surface area contributed by atoms with Gasteiger partial charge < -0.3 is 58.3 Å². The first kappa shape index (κ1) is 91.8. The van der Waals surface area contributed by atoms with E-state index < -0.39 is 76.6 Å². The van der Waals surface area contributed by atoms with E-state index in [4.69, 9.17) is 5.73 Å². The van der Waals surface area contributed by atoms with E-state index in [0.717, 1.165) is 33.9 Å². The lowest BCUT2D eigenvalue weighted by atomic mass is 10.3. The number of para-hydroxylation sites is 3. The fraction of sp³-hybridized carbons (Fsp3) is 0.113. The number of nitrogens with zero attached hydrogens (tertiary/aromatic N) is 6. The van der Waals surface area contributed by atoms with Gasteiger partial charge in [0.1, 0.15) is 11.6 Å². The molecule has 0 spiro atoms. The molecule has 0 radical (unpaired) electrons. The Morgan fingerprint density at radius 1 is 0.364 bits per heavy atom. The number of rotatable bonds is 28. The first-order valence-electron chi connectivity index (χ1n) is 35.9. The molecule has 12 aromatic rings. The number of amides is 10. The van der Waals surface area contributed by atoms with Crippen molar-refractivity contribution < 1.29 is 75.6 Å². The third kappa shape index (κ3) is 32.4. The van der Waals surface area contributed by atoms with E-state index in [1.807, 2.05) is 30.3 Å². The van der Waals surface area contributed by atoms with Crippen molar-refractivity contribution in [3.8, 4) is 5.75 Å². The van der Waals surface area contributed by atoms with E-state index in [9.17, 15) is 70.8 Å². The van der Waals surface area contributed by atoms with Gasteiger partial charge in [-0.3, -0.25) is 44.1 Å². The van der Waals surface area contributed by atoms with E-state index in [0.29, 0.717) is 66.9 Å². The first-order chi connectivity index (χ1) is 58.0. The molecule has 12 rings (SSSR count). The van der Waals surface area contributed by atoms with Gasteiger partial charge in [0, 0.05) is 130 Å². The molecule has 6 aromatic carbocycles. The number of aromatic nitrogens is 6. The zero-order valence-electron chi connectivity index (χ0n) is 64.2. The van der Waals surface area contributed by atoms with Crippen LogP contribution in [-0.2, 0) is 72.8 Å². The molecule has 121 heavy (non-hydrogen) atoms. The standard InChI is InChI=1S/C20H18F2N4O4S.C19H17FN4O3S.C19H19N5O3S.C15H18N4O3S.C7H9N3O/c21-19(22)30-18-6-2-1-5-17(18)26-31(28,29)16-9-7-15(8-10-16)25-20(27)24-13-14-4-3-11-23-12-14;20-17-5-1-2-6-18(17)24-28(26,27)16-9-7-15(8-10-16)23-19(25)22-13-14-4-3-11-21-12-14;1-14-18(5-3-11-21-14)24-28(26,27)17-8-6-16(7-9-17)23-19(25)22-13-15-4-2-10-20-12-15;1-2-18-23(21,22)14-7-5-13(6-8-14)19-15(20)17-11-12-4-3-9-16-10-12;8-7(11)10-5-6-2-1-3-9-4-6/h1-12,19,26H,13H2,(H2,24,25,27);1-12,24H,13H2,(H2,22,23,25);2-12,24H,13H2,1H3,(H2,22,23,25);3-10,18H,2,11H2,1H3,(H2,17,19,20);1-4H,5H2,(H3,8,10,11). The van der Waals surface area contributed by atoms with Gasteiger partial charge in [0.05, 0.1) is 42.3 Å². The predicted molar refractivity (Wildman–Crippen MR) is 449 cm³/mol. The van der Waals surface area contributed by atoms with Crippen molar-refractivity contribution in [2.75, 3.05) is 42.0 Å². The molecule has 0 saturated heterocycles. The van der Waals surface area contributed by atoms with Crippen molar-refractivity contribution in [2.45, 2.75) is 72.8 Å². The first-order valence-corrected chi connectivity index (χ1v) is 41.8. The maximum Gasteiger partial charge on any atom is 0.387 e. The van der Waals surface area contributed by atoms with Gasteiger partial charge in [-0.1, -0.05) is 61.5 Å². The molecule has 15 N–H and O–H groups in total. The molecule has 0 aliphatic heterocycles. The van der Waals surface area contributed by atoms with Crippen LogP contribution in [0.25, 0.3) is 0 Å². The van der Waals surface area contributed by atoms with Crippen molar-refractivity contribution in [1.29, 1.82) is 0 Å². The minimum absolute atomic E-state index is 0.0583. The third-order valence-electron chi connectivity index (χ3n) is 15.6.